The van der Waals surface area contributed by atoms with Crippen molar-refractivity contribution in [2.24, 2.45) is 0 Å². The Hall–Kier alpha value is -1.03. The smallest absolute Gasteiger partial charge is 0.203 e. The number of aryl methyl sites for hydroxylation is 1. The topological polar surface area (TPSA) is 33.1 Å². The summed E-state index contributed by atoms with van der Waals surface area (Å²) in [6.45, 7) is 6.13. The van der Waals surface area contributed by atoms with E-state index in [0.717, 1.165) is 24.7 Å². The number of aromatic nitrogens is 2. The van der Waals surface area contributed by atoms with Crippen molar-refractivity contribution in [1.82, 2.24) is 14.5 Å². The molecule has 1 aliphatic carbocycles. The van der Waals surface area contributed by atoms with Crippen molar-refractivity contribution in [2.75, 3.05) is 26.0 Å². The molecule has 4 heteroatoms. The molecular formula is C13H24N4. The molecule has 2 rings (SSSR count). The van der Waals surface area contributed by atoms with E-state index in [2.05, 4.69) is 53.9 Å². The zero-order valence-electron chi connectivity index (χ0n) is 11.5. The van der Waals surface area contributed by atoms with Crippen LogP contribution in [0.3, 0.4) is 0 Å². The van der Waals surface area contributed by atoms with Crippen molar-refractivity contribution >= 4 is 5.95 Å². The first-order valence-corrected chi connectivity index (χ1v) is 6.52. The summed E-state index contributed by atoms with van der Waals surface area (Å²) in [7, 11) is 4.38. The highest BCUT2D eigenvalue weighted by atomic mass is 15.3. The molecule has 96 valence electrons. The quantitative estimate of drug-likeness (QED) is 0.850. The second-order valence-electron chi connectivity index (χ2n) is 5.34. The minimum atomic E-state index is 0.345. The van der Waals surface area contributed by atoms with Crippen LogP contribution in [-0.4, -0.2) is 40.6 Å². The third kappa shape index (κ3) is 2.32. The van der Waals surface area contributed by atoms with Gasteiger partial charge in [0.2, 0.25) is 5.95 Å². The zero-order chi connectivity index (χ0) is 12.5. The number of nitrogens with zero attached hydrogens (tertiary/aromatic N) is 3. The Balaban J connectivity index is 2.17. The number of nitrogens with one attached hydrogen (secondary N) is 1. The third-order valence-electron chi connectivity index (χ3n) is 3.93. The number of likely N-dealkylation sites (N-methyl/N-ethyl adjacent to an activating group) is 1. The zero-order valence-corrected chi connectivity index (χ0v) is 11.5. The Labute approximate surface area is 104 Å². The lowest BCUT2D eigenvalue weighted by molar-refractivity contribution is 0.0429. The fourth-order valence-electron chi connectivity index (χ4n) is 2.62. The second kappa shape index (κ2) is 4.69. The first-order valence-electron chi connectivity index (χ1n) is 6.52. The SMILES string of the molecule is CCNc1nc(C)cn1CC1(N(C)C)CCC1. The molecule has 1 aromatic heterocycles. The average molecular weight is 236 g/mol. The van der Waals surface area contributed by atoms with Gasteiger partial charge in [-0.05, 0) is 47.2 Å². The molecule has 4 nitrogen and oxygen atoms in total. The van der Waals surface area contributed by atoms with Gasteiger partial charge >= 0.3 is 0 Å². The fraction of sp³-hybridized carbons (Fsp3) is 0.769. The molecular weight excluding hydrogens is 212 g/mol. The fourth-order valence-corrected chi connectivity index (χ4v) is 2.62. The Morgan fingerprint density at radius 2 is 2.18 bits per heavy atom. The maximum Gasteiger partial charge on any atom is 0.203 e. The van der Waals surface area contributed by atoms with Gasteiger partial charge < -0.3 is 14.8 Å². The molecule has 0 unspecified atom stereocenters. The highest BCUT2D eigenvalue weighted by Gasteiger charge is 2.39. The summed E-state index contributed by atoms with van der Waals surface area (Å²) in [5.41, 5.74) is 1.44. The van der Waals surface area contributed by atoms with Crippen LogP contribution in [0, 0.1) is 6.92 Å². The van der Waals surface area contributed by atoms with Gasteiger partial charge in [-0.2, -0.15) is 0 Å². The highest BCUT2D eigenvalue weighted by Crippen LogP contribution is 2.38. The number of imidazole rings is 1. The minimum absolute atomic E-state index is 0.345. The molecule has 0 spiro atoms. The first kappa shape index (κ1) is 12.4. The lowest BCUT2D eigenvalue weighted by Crippen LogP contribution is -2.53. The first-order chi connectivity index (χ1) is 8.07. The number of rotatable bonds is 5. The summed E-state index contributed by atoms with van der Waals surface area (Å²) in [5.74, 6) is 1.01. The molecule has 0 amide bonds. The molecule has 0 aromatic carbocycles. The van der Waals surface area contributed by atoms with E-state index in [1.807, 2.05) is 0 Å². The Kier molecular flexibility index (Phi) is 3.43. The minimum Gasteiger partial charge on any atom is -0.356 e. The molecule has 17 heavy (non-hydrogen) atoms. The van der Waals surface area contributed by atoms with Crippen LogP contribution in [0.4, 0.5) is 5.95 Å². The molecule has 1 saturated carbocycles. The molecule has 1 heterocycles. The van der Waals surface area contributed by atoms with E-state index in [4.69, 9.17) is 0 Å². The summed E-state index contributed by atoms with van der Waals surface area (Å²) < 4.78 is 2.28. The summed E-state index contributed by atoms with van der Waals surface area (Å²) in [6.07, 6.45) is 6.09. The van der Waals surface area contributed by atoms with Crippen molar-refractivity contribution < 1.29 is 0 Å². The summed E-state index contributed by atoms with van der Waals surface area (Å²) in [4.78, 5) is 6.91. The van der Waals surface area contributed by atoms with Crippen molar-refractivity contribution in [2.45, 2.75) is 45.2 Å². The maximum absolute atomic E-state index is 4.54. The predicted molar refractivity (Wildman–Crippen MR) is 71.4 cm³/mol. The van der Waals surface area contributed by atoms with Crippen LogP contribution in [0.25, 0.3) is 0 Å². The molecule has 0 radical (unpaired) electrons. The van der Waals surface area contributed by atoms with Crippen molar-refractivity contribution in [3.63, 3.8) is 0 Å². The Bertz CT molecular complexity index is 377. The number of anilines is 1. The van der Waals surface area contributed by atoms with Crippen molar-refractivity contribution in [1.29, 1.82) is 0 Å². The molecule has 0 aliphatic heterocycles. The van der Waals surface area contributed by atoms with Crippen LogP contribution in [0.2, 0.25) is 0 Å². The largest absolute Gasteiger partial charge is 0.356 e. The van der Waals surface area contributed by atoms with Gasteiger partial charge in [0, 0.05) is 24.8 Å². The molecule has 1 fully saturated rings. The molecule has 1 N–H and O–H groups in total. The van der Waals surface area contributed by atoms with Gasteiger partial charge in [-0.1, -0.05) is 0 Å². The van der Waals surface area contributed by atoms with Crippen LogP contribution in [0.15, 0.2) is 6.20 Å². The van der Waals surface area contributed by atoms with E-state index in [-0.39, 0.29) is 0 Å². The molecule has 1 aromatic rings. The monoisotopic (exact) mass is 236 g/mol. The van der Waals surface area contributed by atoms with Crippen LogP contribution in [-0.2, 0) is 6.54 Å². The summed E-state index contributed by atoms with van der Waals surface area (Å²) in [5, 5.41) is 3.34. The van der Waals surface area contributed by atoms with Gasteiger partial charge in [0.1, 0.15) is 0 Å². The lowest BCUT2D eigenvalue weighted by Gasteiger charge is -2.47. The predicted octanol–water partition coefficient (Wildman–Crippen LogP) is 2.11. The van der Waals surface area contributed by atoms with Crippen LogP contribution >= 0.6 is 0 Å². The van der Waals surface area contributed by atoms with E-state index >= 15 is 0 Å². The van der Waals surface area contributed by atoms with Gasteiger partial charge in [0.05, 0.1) is 5.69 Å². The number of hydrogen-bond donors (Lipinski definition) is 1. The Morgan fingerprint density at radius 1 is 1.47 bits per heavy atom. The molecule has 0 bridgehead atoms. The molecule has 0 saturated heterocycles. The second-order valence-corrected chi connectivity index (χ2v) is 5.34. The normalized spacial score (nSPS) is 18.2. The van der Waals surface area contributed by atoms with Crippen LogP contribution in [0.1, 0.15) is 31.9 Å². The van der Waals surface area contributed by atoms with Gasteiger partial charge in [0.15, 0.2) is 0 Å². The highest BCUT2D eigenvalue weighted by molar-refractivity contribution is 5.29. The van der Waals surface area contributed by atoms with Crippen molar-refractivity contribution in [3.8, 4) is 0 Å². The van der Waals surface area contributed by atoms with Gasteiger partial charge in [0.25, 0.3) is 0 Å². The van der Waals surface area contributed by atoms with Crippen molar-refractivity contribution in [3.05, 3.63) is 11.9 Å². The molecule has 0 atom stereocenters. The van der Waals surface area contributed by atoms with Crippen LogP contribution < -0.4 is 5.32 Å². The van der Waals surface area contributed by atoms with E-state index in [1.165, 1.54) is 19.3 Å². The number of hydrogen-bond acceptors (Lipinski definition) is 3. The maximum atomic E-state index is 4.54. The Morgan fingerprint density at radius 3 is 2.65 bits per heavy atom. The van der Waals surface area contributed by atoms with Crippen LogP contribution in [0.5, 0.6) is 0 Å². The van der Waals surface area contributed by atoms with E-state index in [9.17, 15) is 0 Å². The average Bonchev–Trinajstić information content (AvgIpc) is 2.52. The lowest BCUT2D eigenvalue weighted by atomic mass is 9.75. The van der Waals surface area contributed by atoms with Gasteiger partial charge in [-0.3, -0.25) is 0 Å². The van der Waals surface area contributed by atoms with Gasteiger partial charge in [-0.25, -0.2) is 4.98 Å². The van der Waals surface area contributed by atoms with E-state index in [1.54, 1.807) is 0 Å². The third-order valence-corrected chi connectivity index (χ3v) is 3.93. The van der Waals surface area contributed by atoms with E-state index < -0.39 is 0 Å². The standard InChI is InChI=1S/C13H24N4/c1-5-14-12-15-11(2)9-17(12)10-13(16(3)4)7-6-8-13/h9H,5-8,10H2,1-4H3,(H,14,15). The van der Waals surface area contributed by atoms with Gasteiger partial charge in [-0.15, -0.1) is 0 Å². The molecule has 1 aliphatic rings. The summed E-state index contributed by atoms with van der Waals surface area (Å²) in [6, 6.07) is 0. The summed E-state index contributed by atoms with van der Waals surface area (Å²) >= 11 is 0. The van der Waals surface area contributed by atoms with E-state index in [0.29, 0.717) is 5.54 Å².